The Bertz CT molecular complexity index is 487. The third kappa shape index (κ3) is 6.21. The fourth-order valence-corrected chi connectivity index (χ4v) is 3.36. The lowest BCUT2D eigenvalue weighted by atomic mass is 9.88. The molecule has 2 rings (SSSR count). The molecule has 0 aromatic rings. The molecule has 1 aliphatic carbocycles. The molecule has 2 fully saturated rings. The van der Waals surface area contributed by atoms with Gasteiger partial charge in [0.25, 0.3) is 0 Å². The third-order valence-corrected chi connectivity index (χ3v) is 4.68. The van der Waals surface area contributed by atoms with Crippen molar-refractivity contribution >= 4 is 17.9 Å². The Labute approximate surface area is 150 Å². The van der Waals surface area contributed by atoms with E-state index in [1.54, 1.807) is 25.7 Å². The van der Waals surface area contributed by atoms with Crippen molar-refractivity contribution < 1.29 is 19.1 Å². The number of hydrogen-bond acceptors (Lipinski definition) is 4. The van der Waals surface area contributed by atoms with Crippen molar-refractivity contribution in [3.05, 3.63) is 0 Å². The van der Waals surface area contributed by atoms with Gasteiger partial charge in [-0.25, -0.2) is 4.79 Å². The zero-order valence-corrected chi connectivity index (χ0v) is 15.7. The Balaban J connectivity index is 1.71. The van der Waals surface area contributed by atoms with E-state index < -0.39 is 11.7 Å². The van der Waals surface area contributed by atoms with Crippen LogP contribution in [0.2, 0.25) is 0 Å². The molecule has 0 unspecified atom stereocenters. The highest BCUT2D eigenvalue weighted by molar-refractivity contribution is 5.83. The number of ether oxygens (including phenoxy) is 1. The summed E-state index contributed by atoms with van der Waals surface area (Å²) in [6, 6.07) is 0. The van der Waals surface area contributed by atoms with E-state index in [2.05, 4.69) is 5.32 Å². The summed E-state index contributed by atoms with van der Waals surface area (Å²) in [6.45, 7) is 7.44. The van der Waals surface area contributed by atoms with E-state index >= 15 is 0 Å². The minimum Gasteiger partial charge on any atom is -0.444 e. The van der Waals surface area contributed by atoms with Gasteiger partial charge in [0.15, 0.2) is 0 Å². The summed E-state index contributed by atoms with van der Waals surface area (Å²) in [7, 11) is 0. The molecule has 1 saturated carbocycles. The number of carbonyl (C=O) groups excluding carboxylic acids is 3. The van der Waals surface area contributed by atoms with E-state index in [0.29, 0.717) is 26.2 Å². The van der Waals surface area contributed by atoms with Crippen molar-refractivity contribution in [2.45, 2.75) is 58.5 Å². The van der Waals surface area contributed by atoms with Crippen molar-refractivity contribution in [1.82, 2.24) is 15.1 Å². The van der Waals surface area contributed by atoms with Crippen LogP contribution in [0.3, 0.4) is 0 Å². The first-order chi connectivity index (χ1) is 11.8. The normalized spacial score (nSPS) is 19.5. The number of amides is 3. The summed E-state index contributed by atoms with van der Waals surface area (Å²) in [5.41, 5.74) is -0.585. The summed E-state index contributed by atoms with van der Waals surface area (Å²) < 4.78 is 5.12. The van der Waals surface area contributed by atoms with E-state index in [1.807, 2.05) is 4.90 Å². The molecule has 0 aromatic carbocycles. The molecule has 25 heavy (non-hydrogen) atoms. The number of hydrogen-bond donors (Lipinski definition) is 1. The smallest absolute Gasteiger partial charge is 0.408 e. The molecule has 0 spiro atoms. The maximum Gasteiger partial charge on any atom is 0.408 e. The molecule has 1 aliphatic heterocycles. The monoisotopic (exact) mass is 353 g/mol. The van der Waals surface area contributed by atoms with Crippen LogP contribution in [0.5, 0.6) is 0 Å². The van der Waals surface area contributed by atoms with Gasteiger partial charge in [-0.3, -0.25) is 9.59 Å². The molecule has 1 heterocycles. The maximum absolute atomic E-state index is 12.5. The molecule has 2 aliphatic rings. The highest BCUT2D eigenvalue weighted by atomic mass is 16.6. The first-order valence-electron chi connectivity index (χ1n) is 9.30. The van der Waals surface area contributed by atoms with E-state index in [0.717, 1.165) is 25.7 Å². The second-order valence-electron chi connectivity index (χ2n) is 7.90. The fraction of sp³-hybridized carbons (Fsp3) is 0.833. The van der Waals surface area contributed by atoms with Crippen LogP contribution in [0.1, 0.15) is 52.9 Å². The number of nitrogens with one attached hydrogen (secondary N) is 1. The predicted molar refractivity (Wildman–Crippen MR) is 94.0 cm³/mol. The van der Waals surface area contributed by atoms with Crippen LogP contribution in [0.4, 0.5) is 4.79 Å². The van der Waals surface area contributed by atoms with Crippen molar-refractivity contribution in [3.8, 4) is 0 Å². The average Bonchev–Trinajstić information content (AvgIpc) is 2.58. The predicted octanol–water partition coefficient (Wildman–Crippen LogP) is 1.76. The zero-order valence-electron chi connectivity index (χ0n) is 15.7. The Morgan fingerprint density at radius 1 is 0.960 bits per heavy atom. The van der Waals surface area contributed by atoms with Gasteiger partial charge in [-0.15, -0.1) is 0 Å². The lowest BCUT2D eigenvalue weighted by Crippen LogP contribution is -2.53. The molecule has 0 radical (unpaired) electrons. The van der Waals surface area contributed by atoms with Gasteiger partial charge >= 0.3 is 6.09 Å². The average molecular weight is 353 g/mol. The van der Waals surface area contributed by atoms with E-state index in [9.17, 15) is 14.4 Å². The molecular weight excluding hydrogens is 322 g/mol. The van der Waals surface area contributed by atoms with Crippen molar-refractivity contribution in [1.29, 1.82) is 0 Å². The molecule has 0 atom stereocenters. The molecule has 1 N–H and O–H groups in total. The SMILES string of the molecule is CC(C)(C)OC(=O)NCC(=O)N1CCN(C(=O)C2CCCCC2)CC1. The van der Waals surface area contributed by atoms with Crippen LogP contribution < -0.4 is 5.32 Å². The first-order valence-corrected chi connectivity index (χ1v) is 9.30. The molecule has 7 nitrogen and oxygen atoms in total. The largest absolute Gasteiger partial charge is 0.444 e. The van der Waals surface area contributed by atoms with E-state index in [4.69, 9.17) is 4.74 Å². The Morgan fingerprint density at radius 2 is 1.52 bits per heavy atom. The number of rotatable bonds is 3. The minimum atomic E-state index is -0.591. The number of piperazine rings is 1. The lowest BCUT2D eigenvalue weighted by molar-refractivity contribution is -0.142. The van der Waals surface area contributed by atoms with Gasteiger partial charge in [0, 0.05) is 32.1 Å². The molecule has 3 amide bonds. The second kappa shape index (κ2) is 8.54. The molecule has 0 aromatic heterocycles. The van der Waals surface area contributed by atoms with Crippen LogP contribution in [-0.2, 0) is 14.3 Å². The van der Waals surface area contributed by atoms with Gasteiger partial charge in [-0.05, 0) is 33.6 Å². The molecule has 142 valence electrons. The Morgan fingerprint density at radius 3 is 2.08 bits per heavy atom. The summed E-state index contributed by atoms with van der Waals surface area (Å²) in [5, 5.41) is 2.49. The van der Waals surface area contributed by atoms with Gasteiger partial charge < -0.3 is 19.9 Å². The standard InChI is InChI=1S/C18H31N3O4/c1-18(2,3)25-17(24)19-13-15(22)20-9-11-21(12-10-20)16(23)14-7-5-4-6-8-14/h14H,4-13H2,1-3H3,(H,19,24). The first kappa shape index (κ1) is 19.5. The maximum atomic E-state index is 12.5. The van der Waals surface area contributed by atoms with Gasteiger partial charge in [0.1, 0.15) is 12.1 Å². The zero-order chi connectivity index (χ0) is 18.4. The number of carbonyl (C=O) groups is 3. The Kier molecular flexibility index (Phi) is 6.67. The van der Waals surface area contributed by atoms with E-state index in [-0.39, 0.29) is 24.3 Å². The van der Waals surface area contributed by atoms with Crippen molar-refractivity contribution in [2.75, 3.05) is 32.7 Å². The van der Waals surface area contributed by atoms with Crippen LogP contribution in [0.15, 0.2) is 0 Å². The molecule has 7 heteroatoms. The summed E-state index contributed by atoms with van der Waals surface area (Å²) in [5.74, 6) is 0.277. The van der Waals surface area contributed by atoms with Gasteiger partial charge in [0.05, 0.1) is 0 Å². The van der Waals surface area contributed by atoms with Gasteiger partial charge in [0.2, 0.25) is 11.8 Å². The van der Waals surface area contributed by atoms with Crippen molar-refractivity contribution in [3.63, 3.8) is 0 Å². The molecule has 0 bridgehead atoms. The summed E-state index contributed by atoms with van der Waals surface area (Å²) >= 11 is 0. The molecule has 1 saturated heterocycles. The lowest BCUT2D eigenvalue weighted by Gasteiger charge is -2.37. The van der Waals surface area contributed by atoms with Crippen molar-refractivity contribution in [2.24, 2.45) is 5.92 Å². The highest BCUT2D eigenvalue weighted by Gasteiger charge is 2.29. The van der Waals surface area contributed by atoms with Gasteiger partial charge in [-0.2, -0.15) is 0 Å². The summed E-state index contributed by atoms with van der Waals surface area (Å²) in [6.07, 6.45) is 4.93. The van der Waals surface area contributed by atoms with Crippen LogP contribution in [0, 0.1) is 5.92 Å². The minimum absolute atomic E-state index is 0.0779. The van der Waals surface area contributed by atoms with Crippen LogP contribution in [-0.4, -0.2) is 66.0 Å². The van der Waals surface area contributed by atoms with Gasteiger partial charge in [-0.1, -0.05) is 19.3 Å². The third-order valence-electron chi connectivity index (χ3n) is 4.68. The van der Waals surface area contributed by atoms with Crippen LogP contribution >= 0.6 is 0 Å². The second-order valence-corrected chi connectivity index (χ2v) is 7.90. The fourth-order valence-electron chi connectivity index (χ4n) is 3.36. The summed E-state index contributed by atoms with van der Waals surface area (Å²) in [4.78, 5) is 39.9. The topological polar surface area (TPSA) is 79.0 Å². The highest BCUT2D eigenvalue weighted by Crippen LogP contribution is 2.25. The number of nitrogens with zero attached hydrogens (tertiary/aromatic N) is 2. The molecular formula is C18H31N3O4. The quantitative estimate of drug-likeness (QED) is 0.838. The van der Waals surface area contributed by atoms with Crippen LogP contribution in [0.25, 0.3) is 0 Å². The van der Waals surface area contributed by atoms with E-state index in [1.165, 1.54) is 6.42 Å². The number of alkyl carbamates (subject to hydrolysis) is 1. The Hall–Kier alpha value is -1.79.